The molecule has 2 N–H and O–H groups in total. The van der Waals surface area contributed by atoms with Crippen molar-refractivity contribution < 1.29 is 18.7 Å². The number of nitrogens with zero attached hydrogens (tertiary/aromatic N) is 3. The van der Waals surface area contributed by atoms with E-state index in [1.165, 1.54) is 19.4 Å². The lowest BCUT2D eigenvalue weighted by molar-refractivity contribution is 0.0517. The molecule has 0 saturated carbocycles. The molecule has 0 aliphatic rings. The number of nitrogen functional groups attached to an aromatic ring is 1. The number of hydrogen-bond acceptors (Lipinski definition) is 5. The number of carbonyl (C=O) groups excluding carboxylic acids is 1. The van der Waals surface area contributed by atoms with Crippen LogP contribution in [0.3, 0.4) is 0 Å². The van der Waals surface area contributed by atoms with Gasteiger partial charge in [-0.25, -0.2) is 9.18 Å². The number of esters is 1. The first-order valence-corrected chi connectivity index (χ1v) is 7.98. The molecule has 0 unspecified atom stereocenters. The third-order valence-electron chi connectivity index (χ3n) is 3.94. The van der Waals surface area contributed by atoms with Crippen LogP contribution in [0.2, 0.25) is 0 Å². The molecule has 8 heteroatoms. The maximum atomic E-state index is 14.8. The van der Waals surface area contributed by atoms with Gasteiger partial charge in [-0.1, -0.05) is 12.1 Å². The molecule has 2 aromatic heterocycles. The molecule has 3 rings (SSSR count). The van der Waals surface area contributed by atoms with Crippen LogP contribution >= 0.6 is 0 Å². The van der Waals surface area contributed by atoms with E-state index in [0.29, 0.717) is 16.8 Å². The Morgan fingerprint density at radius 3 is 2.69 bits per heavy atom. The van der Waals surface area contributed by atoms with Crippen LogP contribution in [0.1, 0.15) is 17.4 Å². The fourth-order valence-electron chi connectivity index (χ4n) is 2.82. The van der Waals surface area contributed by atoms with Gasteiger partial charge in [-0.15, -0.1) is 0 Å². The smallest absolute Gasteiger partial charge is 0.357 e. The Balaban J connectivity index is 2.30. The van der Waals surface area contributed by atoms with Gasteiger partial charge in [-0.05, 0) is 19.1 Å². The van der Waals surface area contributed by atoms with Gasteiger partial charge in [0.15, 0.2) is 17.3 Å². The fraction of sp³-hybridized carbons (Fsp3) is 0.222. The topological polar surface area (TPSA) is 84.3 Å². The lowest BCUT2D eigenvalue weighted by Crippen LogP contribution is -2.18. The normalized spacial score (nSPS) is 10.8. The van der Waals surface area contributed by atoms with E-state index in [2.05, 4.69) is 5.10 Å². The number of benzene rings is 1. The molecule has 0 fully saturated rings. The summed E-state index contributed by atoms with van der Waals surface area (Å²) in [5.41, 5.74) is 1.66. The van der Waals surface area contributed by atoms with Crippen LogP contribution in [0.15, 0.2) is 36.7 Å². The average Bonchev–Trinajstić information content (AvgIpc) is 3.18. The van der Waals surface area contributed by atoms with E-state index >= 15 is 0 Å². The molecule has 0 radical (unpaired) electrons. The molecule has 3 aromatic rings. The molecule has 1 aromatic carbocycles. The standard InChI is InChI=1S/C18H19FN4O3/c1-4-26-18(24)17-15(13-8-9-22(2)21-13)12(10-23(17)20)11-6-5-7-14(25-3)16(11)19/h5-10H,4,20H2,1-3H3. The van der Waals surface area contributed by atoms with Gasteiger partial charge in [-0.3, -0.25) is 9.36 Å². The van der Waals surface area contributed by atoms with E-state index < -0.39 is 11.8 Å². The molecule has 0 aliphatic carbocycles. The average molecular weight is 358 g/mol. The zero-order chi connectivity index (χ0) is 18.8. The molecular formula is C18H19FN4O3. The van der Waals surface area contributed by atoms with Crippen molar-refractivity contribution in [2.45, 2.75) is 6.92 Å². The second kappa shape index (κ2) is 6.91. The highest BCUT2D eigenvalue weighted by molar-refractivity contribution is 6.01. The second-order valence-corrected chi connectivity index (χ2v) is 5.59. The third kappa shape index (κ3) is 2.90. The Bertz CT molecular complexity index is 961. The van der Waals surface area contributed by atoms with Gasteiger partial charge in [0, 0.05) is 36.1 Å². The van der Waals surface area contributed by atoms with Crippen LogP contribution in [-0.4, -0.2) is 34.1 Å². The molecule has 136 valence electrons. The van der Waals surface area contributed by atoms with Gasteiger partial charge in [0.2, 0.25) is 0 Å². The molecule has 0 saturated heterocycles. The predicted octanol–water partition coefficient (Wildman–Crippen LogP) is 2.59. The fourth-order valence-corrected chi connectivity index (χ4v) is 2.82. The van der Waals surface area contributed by atoms with Crippen LogP contribution in [-0.2, 0) is 11.8 Å². The van der Waals surface area contributed by atoms with Gasteiger partial charge >= 0.3 is 5.97 Å². The summed E-state index contributed by atoms with van der Waals surface area (Å²) in [6.07, 6.45) is 3.21. The minimum absolute atomic E-state index is 0.0944. The van der Waals surface area contributed by atoms with Crippen LogP contribution < -0.4 is 10.6 Å². The summed E-state index contributed by atoms with van der Waals surface area (Å²) in [6.45, 7) is 1.89. The largest absolute Gasteiger partial charge is 0.494 e. The lowest BCUT2D eigenvalue weighted by Gasteiger charge is -2.09. The predicted molar refractivity (Wildman–Crippen MR) is 94.7 cm³/mol. The maximum absolute atomic E-state index is 14.8. The Labute approximate surface area is 149 Å². The van der Waals surface area contributed by atoms with Crippen molar-refractivity contribution in [1.82, 2.24) is 14.5 Å². The molecule has 0 amide bonds. The summed E-state index contributed by atoms with van der Waals surface area (Å²) in [4.78, 5) is 12.4. The highest BCUT2D eigenvalue weighted by Gasteiger charge is 2.27. The quantitative estimate of drug-likeness (QED) is 0.560. The number of aryl methyl sites for hydroxylation is 1. The van der Waals surface area contributed by atoms with Crippen molar-refractivity contribution in [3.8, 4) is 28.1 Å². The third-order valence-corrected chi connectivity index (χ3v) is 3.94. The number of methoxy groups -OCH3 is 1. The maximum Gasteiger partial charge on any atom is 0.357 e. The Kier molecular flexibility index (Phi) is 4.66. The first-order valence-electron chi connectivity index (χ1n) is 7.98. The highest BCUT2D eigenvalue weighted by atomic mass is 19.1. The monoisotopic (exact) mass is 358 g/mol. The number of rotatable bonds is 5. The zero-order valence-electron chi connectivity index (χ0n) is 14.7. The molecule has 0 atom stereocenters. The zero-order valence-corrected chi connectivity index (χ0v) is 14.7. The van der Waals surface area contributed by atoms with Crippen molar-refractivity contribution in [1.29, 1.82) is 0 Å². The summed E-state index contributed by atoms with van der Waals surface area (Å²) in [5.74, 6) is 4.94. The number of halogens is 1. The van der Waals surface area contributed by atoms with Crippen molar-refractivity contribution >= 4 is 5.97 Å². The molecule has 26 heavy (non-hydrogen) atoms. The van der Waals surface area contributed by atoms with E-state index in [4.69, 9.17) is 15.3 Å². The van der Waals surface area contributed by atoms with Gasteiger partial charge < -0.3 is 15.3 Å². The van der Waals surface area contributed by atoms with E-state index in [1.54, 1.807) is 43.0 Å². The molecule has 7 nitrogen and oxygen atoms in total. The number of carbonyl (C=O) groups is 1. The van der Waals surface area contributed by atoms with Crippen molar-refractivity contribution in [2.24, 2.45) is 7.05 Å². The second-order valence-electron chi connectivity index (χ2n) is 5.59. The summed E-state index contributed by atoms with van der Waals surface area (Å²) in [7, 11) is 3.14. The van der Waals surface area contributed by atoms with Crippen LogP contribution in [0.25, 0.3) is 22.4 Å². The number of ether oxygens (including phenoxy) is 2. The van der Waals surface area contributed by atoms with Crippen molar-refractivity contribution in [3.63, 3.8) is 0 Å². The lowest BCUT2D eigenvalue weighted by atomic mass is 9.99. The van der Waals surface area contributed by atoms with Crippen LogP contribution in [0, 0.1) is 5.82 Å². The Morgan fingerprint density at radius 1 is 1.31 bits per heavy atom. The number of nitrogens with two attached hydrogens (primary N) is 1. The van der Waals surface area contributed by atoms with Crippen molar-refractivity contribution in [3.05, 3.63) is 48.2 Å². The van der Waals surface area contributed by atoms with E-state index in [9.17, 15) is 9.18 Å². The summed E-state index contributed by atoms with van der Waals surface area (Å²) in [6, 6.07) is 6.50. The molecule has 2 heterocycles. The molecule has 0 bridgehead atoms. The first-order chi connectivity index (χ1) is 12.5. The number of aromatic nitrogens is 3. The molecule has 0 aliphatic heterocycles. The van der Waals surface area contributed by atoms with Gasteiger partial charge in [0.25, 0.3) is 0 Å². The van der Waals surface area contributed by atoms with Crippen molar-refractivity contribution in [2.75, 3.05) is 19.6 Å². The van der Waals surface area contributed by atoms with Gasteiger partial charge in [0.1, 0.15) is 0 Å². The van der Waals surface area contributed by atoms with Crippen LogP contribution in [0.4, 0.5) is 4.39 Å². The molecular weight excluding hydrogens is 339 g/mol. The SMILES string of the molecule is CCOC(=O)c1c(-c2ccn(C)n2)c(-c2cccc(OC)c2F)cn1N. The van der Waals surface area contributed by atoms with Crippen LogP contribution in [0.5, 0.6) is 5.75 Å². The van der Waals surface area contributed by atoms with E-state index in [0.717, 1.165) is 4.68 Å². The number of hydrogen-bond donors (Lipinski definition) is 1. The first kappa shape index (κ1) is 17.5. The summed E-state index contributed by atoms with van der Waals surface area (Å²) in [5, 5.41) is 4.34. The minimum atomic E-state index is -0.606. The van der Waals surface area contributed by atoms with Gasteiger partial charge in [0.05, 0.1) is 19.4 Å². The molecule has 0 spiro atoms. The highest BCUT2D eigenvalue weighted by Crippen LogP contribution is 2.38. The van der Waals surface area contributed by atoms with Gasteiger partial charge in [-0.2, -0.15) is 5.10 Å². The Morgan fingerprint density at radius 2 is 2.08 bits per heavy atom. The summed E-state index contributed by atoms with van der Waals surface area (Å²) < 4.78 is 27.7. The van der Waals surface area contributed by atoms with E-state index in [1.807, 2.05) is 0 Å². The van der Waals surface area contributed by atoms with E-state index in [-0.39, 0.29) is 23.6 Å². The minimum Gasteiger partial charge on any atom is -0.494 e. The summed E-state index contributed by atoms with van der Waals surface area (Å²) >= 11 is 0. The Hall–Kier alpha value is -3.29.